The van der Waals surface area contributed by atoms with Crippen molar-refractivity contribution in [2.45, 2.75) is 252 Å². The van der Waals surface area contributed by atoms with E-state index < -0.39 is 0 Å². The summed E-state index contributed by atoms with van der Waals surface area (Å²) in [7, 11) is 8.92. The molecule has 0 heterocycles. The Morgan fingerprint density at radius 2 is 0.810 bits per heavy atom. The molecule has 58 heavy (non-hydrogen) atoms. The minimum atomic E-state index is 0.953. The van der Waals surface area contributed by atoms with Gasteiger partial charge in [0.15, 0.2) is 0 Å². The van der Waals surface area contributed by atoms with Gasteiger partial charge in [0.25, 0.3) is 0 Å². The predicted molar refractivity (Wildman–Crippen MR) is 272 cm³/mol. The highest BCUT2D eigenvalue weighted by molar-refractivity contribution is 8.76. The molecule has 0 amide bonds. The van der Waals surface area contributed by atoms with Crippen molar-refractivity contribution in [3.8, 4) is 0 Å². The monoisotopic (exact) mass is 847 g/mol. The molecule has 0 N–H and O–H groups in total. The Kier molecular flexibility index (Phi) is 43.7. The number of hydrogen-bond acceptors (Lipinski definition) is 4. The van der Waals surface area contributed by atoms with Gasteiger partial charge in [-0.25, -0.2) is 0 Å². The maximum absolute atomic E-state index is 2.64. The quantitative estimate of drug-likeness (QED) is 0.0342. The number of nitrogens with zero attached hydrogens (tertiary/aromatic N) is 2. The van der Waals surface area contributed by atoms with E-state index in [1.54, 1.807) is 19.3 Å². The van der Waals surface area contributed by atoms with Crippen LogP contribution in [0.25, 0.3) is 0 Å². The zero-order valence-corrected chi connectivity index (χ0v) is 42.1. The van der Waals surface area contributed by atoms with Crippen LogP contribution in [-0.4, -0.2) is 61.6 Å². The molecule has 0 aromatic rings. The lowest BCUT2D eigenvalue weighted by Crippen LogP contribution is -2.24. The average molecular weight is 848 g/mol. The van der Waals surface area contributed by atoms with Gasteiger partial charge in [-0.3, -0.25) is 0 Å². The molecule has 1 rings (SSSR count). The SMILES string of the molecule is CCCCC/C=C\C/C=C\CCCCCCCCN(C)CCSSCCN(C)CCC(CCCCCCCCC)CCCCCCCC1CC1CCCCCCCC. The van der Waals surface area contributed by atoms with Gasteiger partial charge in [0.1, 0.15) is 0 Å². The Morgan fingerprint density at radius 3 is 1.33 bits per heavy atom. The van der Waals surface area contributed by atoms with E-state index in [1.165, 1.54) is 243 Å². The van der Waals surface area contributed by atoms with E-state index in [4.69, 9.17) is 0 Å². The molecule has 0 spiro atoms. The van der Waals surface area contributed by atoms with Crippen LogP contribution < -0.4 is 0 Å². The third-order valence-electron chi connectivity index (χ3n) is 13.3. The van der Waals surface area contributed by atoms with Crippen LogP contribution in [0.15, 0.2) is 24.3 Å². The minimum absolute atomic E-state index is 0.953. The van der Waals surface area contributed by atoms with E-state index in [-0.39, 0.29) is 0 Å². The zero-order valence-electron chi connectivity index (χ0n) is 40.5. The Labute approximate surface area is 375 Å². The van der Waals surface area contributed by atoms with Crippen molar-refractivity contribution in [3.63, 3.8) is 0 Å². The van der Waals surface area contributed by atoms with Gasteiger partial charge in [-0.05, 0) is 96.3 Å². The Bertz CT molecular complexity index is 860. The van der Waals surface area contributed by atoms with Gasteiger partial charge in [-0.15, -0.1) is 0 Å². The highest BCUT2D eigenvalue weighted by Gasteiger charge is 2.35. The van der Waals surface area contributed by atoms with Gasteiger partial charge in [0, 0.05) is 24.6 Å². The van der Waals surface area contributed by atoms with Crippen molar-refractivity contribution in [1.82, 2.24) is 9.80 Å². The first kappa shape index (κ1) is 56.1. The van der Waals surface area contributed by atoms with Crippen LogP contribution in [0.5, 0.6) is 0 Å². The normalized spacial score (nSPS) is 16.3. The first-order valence-corrected chi connectivity index (χ1v) is 29.0. The molecule has 0 bridgehead atoms. The van der Waals surface area contributed by atoms with E-state index in [9.17, 15) is 0 Å². The smallest absolute Gasteiger partial charge is 0.0165 e. The second-order valence-corrected chi connectivity index (χ2v) is 21.8. The molecule has 0 aromatic heterocycles. The molecule has 1 fully saturated rings. The number of hydrogen-bond donors (Lipinski definition) is 0. The molecule has 1 aliphatic carbocycles. The van der Waals surface area contributed by atoms with Gasteiger partial charge >= 0.3 is 0 Å². The van der Waals surface area contributed by atoms with E-state index in [0.29, 0.717) is 0 Å². The Morgan fingerprint density at radius 1 is 0.414 bits per heavy atom. The maximum atomic E-state index is 2.64. The van der Waals surface area contributed by atoms with Gasteiger partial charge in [-0.2, -0.15) is 0 Å². The highest BCUT2D eigenvalue weighted by Crippen LogP contribution is 2.45. The molecule has 0 saturated heterocycles. The minimum Gasteiger partial charge on any atom is -0.306 e. The highest BCUT2D eigenvalue weighted by atomic mass is 33.1. The van der Waals surface area contributed by atoms with Gasteiger partial charge in [0.2, 0.25) is 0 Å². The average Bonchev–Trinajstić information content (AvgIpc) is 3.98. The molecule has 2 nitrogen and oxygen atoms in total. The lowest BCUT2D eigenvalue weighted by molar-refractivity contribution is 0.290. The summed E-state index contributed by atoms with van der Waals surface area (Å²) in [6.45, 7) is 12.0. The molecule has 0 aliphatic heterocycles. The molecular formula is C54H106N2S2. The fourth-order valence-corrected chi connectivity index (χ4v) is 11.1. The van der Waals surface area contributed by atoms with E-state index in [1.807, 2.05) is 0 Å². The first-order valence-electron chi connectivity index (χ1n) is 26.5. The van der Waals surface area contributed by atoms with Crippen molar-refractivity contribution in [1.29, 1.82) is 0 Å². The van der Waals surface area contributed by atoms with Crippen LogP contribution in [0.1, 0.15) is 252 Å². The van der Waals surface area contributed by atoms with Gasteiger partial charge in [0.05, 0.1) is 0 Å². The summed E-state index contributed by atoms with van der Waals surface area (Å²) in [5.41, 5.74) is 0. The molecule has 0 aromatic carbocycles. The van der Waals surface area contributed by atoms with Crippen molar-refractivity contribution in [2.24, 2.45) is 17.8 Å². The molecule has 0 radical (unpaired) electrons. The molecular weight excluding hydrogens is 741 g/mol. The lowest BCUT2D eigenvalue weighted by atomic mass is 9.91. The zero-order chi connectivity index (χ0) is 41.8. The fraction of sp³-hybridized carbons (Fsp3) is 0.926. The van der Waals surface area contributed by atoms with Crippen molar-refractivity contribution < 1.29 is 0 Å². The fourth-order valence-electron chi connectivity index (χ4n) is 8.90. The van der Waals surface area contributed by atoms with Crippen molar-refractivity contribution >= 4 is 21.6 Å². The summed E-state index contributed by atoms with van der Waals surface area (Å²) < 4.78 is 0. The number of allylic oxidation sites excluding steroid dienone is 4. The standard InChI is InChI=1S/C54H106N2S2/c1-6-9-12-15-18-19-20-21-22-23-24-25-26-28-34-39-45-55(4)47-49-57-58-50-48-56(5)46-44-52(40-35-30-27-16-13-10-7-2)41-36-31-29-33-38-43-54-51-53(54)42-37-32-17-14-11-8-3/h18-19,21-22,52-54H,6-17,20,23-51H2,1-5H3/b19-18-,22-21-. The molecule has 3 atom stereocenters. The third kappa shape index (κ3) is 40.2. The molecule has 1 saturated carbocycles. The number of rotatable bonds is 48. The van der Waals surface area contributed by atoms with Crippen LogP contribution in [0.3, 0.4) is 0 Å². The van der Waals surface area contributed by atoms with Crippen molar-refractivity contribution in [3.05, 3.63) is 24.3 Å². The molecule has 344 valence electrons. The second-order valence-electron chi connectivity index (χ2n) is 19.1. The topological polar surface area (TPSA) is 6.48 Å². The van der Waals surface area contributed by atoms with Crippen LogP contribution >= 0.6 is 21.6 Å². The van der Waals surface area contributed by atoms with Crippen LogP contribution in [0.2, 0.25) is 0 Å². The second kappa shape index (κ2) is 45.1. The lowest BCUT2D eigenvalue weighted by Gasteiger charge is -2.22. The molecule has 3 unspecified atom stereocenters. The summed E-state index contributed by atoms with van der Waals surface area (Å²) in [6.07, 6.45) is 60.9. The van der Waals surface area contributed by atoms with E-state index in [2.05, 4.69) is 90.6 Å². The van der Waals surface area contributed by atoms with Crippen LogP contribution in [0.4, 0.5) is 0 Å². The summed E-state index contributed by atoms with van der Waals surface area (Å²) in [6, 6.07) is 0. The van der Waals surface area contributed by atoms with Crippen LogP contribution in [0, 0.1) is 17.8 Å². The maximum Gasteiger partial charge on any atom is 0.0165 e. The summed E-state index contributed by atoms with van der Waals surface area (Å²) in [5, 5.41) is 0. The summed E-state index contributed by atoms with van der Waals surface area (Å²) in [5.74, 6) is 5.70. The Balaban J connectivity index is 2.05. The van der Waals surface area contributed by atoms with E-state index in [0.717, 1.165) is 24.2 Å². The summed E-state index contributed by atoms with van der Waals surface area (Å²) in [4.78, 5) is 5.20. The van der Waals surface area contributed by atoms with Gasteiger partial charge in [-0.1, -0.05) is 246 Å². The van der Waals surface area contributed by atoms with Gasteiger partial charge < -0.3 is 9.80 Å². The first-order chi connectivity index (χ1) is 28.6. The Hall–Kier alpha value is 0.1000. The summed E-state index contributed by atoms with van der Waals surface area (Å²) >= 11 is 0. The van der Waals surface area contributed by atoms with E-state index >= 15 is 0 Å². The molecule has 4 heteroatoms. The van der Waals surface area contributed by atoms with Crippen molar-refractivity contribution in [2.75, 3.05) is 51.8 Å². The predicted octanol–water partition coefficient (Wildman–Crippen LogP) is 18.3. The third-order valence-corrected chi connectivity index (χ3v) is 15.6. The largest absolute Gasteiger partial charge is 0.306 e. The molecule has 1 aliphatic rings. The van der Waals surface area contributed by atoms with Crippen LogP contribution in [-0.2, 0) is 0 Å². The number of unbranched alkanes of at least 4 members (excludes halogenated alkanes) is 24.